The van der Waals surface area contributed by atoms with Crippen molar-refractivity contribution in [2.75, 3.05) is 20.8 Å². The first-order valence-corrected chi connectivity index (χ1v) is 8.11. The zero-order valence-electron chi connectivity index (χ0n) is 14.8. The molecule has 0 saturated heterocycles. The Morgan fingerprint density at radius 2 is 1.65 bits per heavy atom. The van der Waals surface area contributed by atoms with Gasteiger partial charge in [-0.05, 0) is 54.3 Å². The molecule has 0 aromatic heterocycles. The van der Waals surface area contributed by atoms with Crippen molar-refractivity contribution < 1.29 is 29.2 Å². The van der Waals surface area contributed by atoms with Crippen molar-refractivity contribution in [1.29, 1.82) is 0 Å². The van der Waals surface area contributed by atoms with E-state index in [2.05, 4.69) is 0 Å². The van der Waals surface area contributed by atoms with E-state index in [1.165, 1.54) is 20.3 Å². The van der Waals surface area contributed by atoms with Crippen LogP contribution in [0, 0.1) is 0 Å². The van der Waals surface area contributed by atoms with Crippen LogP contribution in [-0.4, -0.2) is 37.0 Å². The Morgan fingerprint density at radius 1 is 1.04 bits per heavy atom. The SMILES string of the molecule is COc1cc(/C=C/C(=O)OCCCc2ccc(O)cc2)cc(OC)c1O. The minimum atomic E-state index is -0.457. The van der Waals surface area contributed by atoms with E-state index in [4.69, 9.17) is 14.2 Å². The van der Waals surface area contributed by atoms with Crippen LogP contribution in [-0.2, 0) is 16.0 Å². The molecule has 0 saturated carbocycles. The lowest BCUT2D eigenvalue weighted by Gasteiger charge is -2.09. The van der Waals surface area contributed by atoms with Crippen molar-refractivity contribution in [1.82, 2.24) is 0 Å². The molecule has 0 fully saturated rings. The second-order valence-electron chi connectivity index (χ2n) is 5.54. The zero-order chi connectivity index (χ0) is 18.9. The smallest absolute Gasteiger partial charge is 0.330 e. The first kappa shape index (κ1) is 19.2. The van der Waals surface area contributed by atoms with Crippen molar-refractivity contribution in [3.05, 3.63) is 53.6 Å². The van der Waals surface area contributed by atoms with Gasteiger partial charge in [0.2, 0.25) is 5.75 Å². The van der Waals surface area contributed by atoms with Crippen LogP contribution in [0.2, 0.25) is 0 Å². The molecule has 0 aliphatic rings. The number of aromatic hydroxyl groups is 2. The summed E-state index contributed by atoms with van der Waals surface area (Å²) in [7, 11) is 2.87. The molecule has 2 rings (SSSR count). The summed E-state index contributed by atoms with van der Waals surface area (Å²) in [5.74, 6) is 0.191. The predicted octanol–water partition coefficient (Wildman–Crippen LogP) is 3.30. The fraction of sp³-hybridized carbons (Fsp3) is 0.250. The fourth-order valence-corrected chi connectivity index (χ4v) is 2.33. The zero-order valence-corrected chi connectivity index (χ0v) is 14.8. The van der Waals surface area contributed by atoms with E-state index in [1.807, 2.05) is 12.1 Å². The number of benzene rings is 2. The van der Waals surface area contributed by atoms with Crippen LogP contribution in [0.1, 0.15) is 17.5 Å². The Bertz CT molecular complexity index is 739. The number of ether oxygens (including phenoxy) is 3. The molecule has 0 radical (unpaired) electrons. The number of rotatable bonds is 8. The lowest BCUT2D eigenvalue weighted by molar-refractivity contribution is -0.137. The van der Waals surface area contributed by atoms with Crippen LogP contribution in [0.4, 0.5) is 0 Å². The van der Waals surface area contributed by atoms with Crippen molar-refractivity contribution in [3.63, 3.8) is 0 Å². The summed E-state index contributed by atoms with van der Waals surface area (Å²) in [6.45, 7) is 0.298. The summed E-state index contributed by atoms with van der Waals surface area (Å²) >= 11 is 0. The first-order chi connectivity index (χ1) is 12.5. The normalized spacial score (nSPS) is 10.7. The average Bonchev–Trinajstić information content (AvgIpc) is 2.65. The molecule has 138 valence electrons. The van der Waals surface area contributed by atoms with Gasteiger partial charge in [0.05, 0.1) is 20.8 Å². The predicted molar refractivity (Wildman–Crippen MR) is 97.6 cm³/mol. The Kier molecular flexibility index (Phi) is 6.91. The monoisotopic (exact) mass is 358 g/mol. The minimum absolute atomic E-state index is 0.0936. The molecule has 0 amide bonds. The van der Waals surface area contributed by atoms with Gasteiger partial charge in [-0.15, -0.1) is 0 Å². The summed E-state index contributed by atoms with van der Waals surface area (Å²) in [6.07, 6.45) is 4.31. The van der Waals surface area contributed by atoms with Gasteiger partial charge in [-0.25, -0.2) is 4.79 Å². The highest BCUT2D eigenvalue weighted by Gasteiger charge is 2.10. The number of phenolic OH excluding ortho intramolecular Hbond substituents is 2. The quantitative estimate of drug-likeness (QED) is 0.428. The largest absolute Gasteiger partial charge is 0.508 e. The number of methoxy groups -OCH3 is 2. The third-order valence-electron chi connectivity index (χ3n) is 3.70. The van der Waals surface area contributed by atoms with Crippen LogP contribution in [0.25, 0.3) is 6.08 Å². The lowest BCUT2D eigenvalue weighted by atomic mass is 10.1. The molecular weight excluding hydrogens is 336 g/mol. The number of hydrogen-bond acceptors (Lipinski definition) is 6. The molecule has 0 spiro atoms. The summed E-state index contributed by atoms with van der Waals surface area (Å²) < 4.78 is 15.3. The molecule has 2 aromatic rings. The minimum Gasteiger partial charge on any atom is -0.508 e. The van der Waals surface area contributed by atoms with Gasteiger partial charge >= 0.3 is 5.97 Å². The second-order valence-corrected chi connectivity index (χ2v) is 5.54. The standard InChI is InChI=1S/C20H22O6/c1-24-17-12-15(13-18(25-2)20(17)23)7-10-19(22)26-11-3-4-14-5-8-16(21)9-6-14/h5-10,12-13,21,23H,3-4,11H2,1-2H3/b10-7+. The lowest BCUT2D eigenvalue weighted by Crippen LogP contribution is -2.03. The highest BCUT2D eigenvalue weighted by Crippen LogP contribution is 2.37. The van der Waals surface area contributed by atoms with E-state index in [0.717, 1.165) is 12.0 Å². The van der Waals surface area contributed by atoms with Crippen LogP contribution < -0.4 is 9.47 Å². The molecule has 2 aromatic carbocycles. The van der Waals surface area contributed by atoms with E-state index in [9.17, 15) is 15.0 Å². The maximum Gasteiger partial charge on any atom is 0.330 e. The Hall–Kier alpha value is -3.15. The van der Waals surface area contributed by atoms with Gasteiger partial charge in [0.1, 0.15) is 5.75 Å². The molecular formula is C20H22O6. The van der Waals surface area contributed by atoms with Gasteiger partial charge in [0, 0.05) is 6.08 Å². The summed E-state index contributed by atoms with van der Waals surface area (Å²) in [5.41, 5.74) is 1.70. The van der Waals surface area contributed by atoms with E-state index in [1.54, 1.807) is 30.3 Å². The van der Waals surface area contributed by atoms with Crippen molar-refractivity contribution in [2.45, 2.75) is 12.8 Å². The molecule has 0 unspecified atom stereocenters. The Morgan fingerprint density at radius 3 is 2.23 bits per heavy atom. The topological polar surface area (TPSA) is 85.2 Å². The Balaban J connectivity index is 1.84. The van der Waals surface area contributed by atoms with Crippen molar-refractivity contribution >= 4 is 12.0 Å². The number of hydrogen-bond donors (Lipinski definition) is 2. The highest BCUT2D eigenvalue weighted by atomic mass is 16.5. The van der Waals surface area contributed by atoms with E-state index in [0.29, 0.717) is 18.6 Å². The highest BCUT2D eigenvalue weighted by molar-refractivity contribution is 5.87. The van der Waals surface area contributed by atoms with Gasteiger partial charge in [-0.2, -0.15) is 0 Å². The van der Waals surface area contributed by atoms with Gasteiger partial charge in [0.15, 0.2) is 11.5 Å². The molecule has 0 heterocycles. The van der Waals surface area contributed by atoms with Gasteiger partial charge in [-0.1, -0.05) is 12.1 Å². The molecule has 0 atom stereocenters. The third-order valence-corrected chi connectivity index (χ3v) is 3.70. The van der Waals surface area contributed by atoms with Crippen molar-refractivity contribution in [2.24, 2.45) is 0 Å². The van der Waals surface area contributed by atoms with E-state index < -0.39 is 5.97 Å². The molecule has 6 nitrogen and oxygen atoms in total. The van der Waals surface area contributed by atoms with E-state index in [-0.39, 0.29) is 23.0 Å². The van der Waals surface area contributed by atoms with Crippen LogP contribution in [0.5, 0.6) is 23.0 Å². The van der Waals surface area contributed by atoms with E-state index >= 15 is 0 Å². The van der Waals surface area contributed by atoms with Crippen LogP contribution >= 0.6 is 0 Å². The average molecular weight is 358 g/mol. The molecule has 2 N–H and O–H groups in total. The summed E-state index contributed by atoms with van der Waals surface area (Å²) in [5, 5.41) is 19.1. The molecule has 26 heavy (non-hydrogen) atoms. The number of aryl methyl sites for hydroxylation is 1. The van der Waals surface area contributed by atoms with Crippen molar-refractivity contribution in [3.8, 4) is 23.0 Å². The maximum atomic E-state index is 11.8. The number of esters is 1. The number of carbonyl (C=O) groups is 1. The molecule has 0 aliphatic heterocycles. The number of carbonyl (C=O) groups excluding carboxylic acids is 1. The van der Waals surface area contributed by atoms with Crippen LogP contribution in [0.15, 0.2) is 42.5 Å². The molecule has 0 bridgehead atoms. The third kappa shape index (κ3) is 5.44. The first-order valence-electron chi connectivity index (χ1n) is 8.11. The Labute approximate surface area is 152 Å². The van der Waals surface area contributed by atoms with Crippen LogP contribution in [0.3, 0.4) is 0 Å². The molecule has 6 heteroatoms. The summed E-state index contributed by atoms with van der Waals surface area (Å²) in [4.78, 5) is 11.8. The summed E-state index contributed by atoms with van der Waals surface area (Å²) in [6, 6.07) is 10.1. The maximum absolute atomic E-state index is 11.8. The number of phenols is 2. The molecule has 0 aliphatic carbocycles. The van der Waals surface area contributed by atoms with Gasteiger partial charge in [-0.3, -0.25) is 0 Å². The van der Waals surface area contributed by atoms with Gasteiger partial charge in [0.25, 0.3) is 0 Å². The fourth-order valence-electron chi connectivity index (χ4n) is 2.33. The second kappa shape index (κ2) is 9.36. The van der Waals surface area contributed by atoms with Gasteiger partial charge < -0.3 is 24.4 Å².